The van der Waals surface area contributed by atoms with Gasteiger partial charge in [0, 0.05) is 29.4 Å². The Balaban J connectivity index is 2.28. The van der Waals surface area contributed by atoms with Crippen LogP contribution in [0, 0.1) is 0 Å². The van der Waals surface area contributed by atoms with Crippen LogP contribution in [0.4, 0.5) is 0 Å². The van der Waals surface area contributed by atoms with Gasteiger partial charge in [-0.3, -0.25) is 9.78 Å². The van der Waals surface area contributed by atoms with Crippen LogP contribution < -0.4 is 5.73 Å². The SMILES string of the molecule is NC(=O)c1c(Br)c(-c2cccnc2)n2c1CSC2. The summed E-state index contributed by atoms with van der Waals surface area (Å²) in [6.45, 7) is 0. The lowest BCUT2D eigenvalue weighted by atomic mass is 10.2. The first-order chi connectivity index (χ1) is 8.70. The van der Waals surface area contributed by atoms with Crippen molar-refractivity contribution in [2.45, 2.75) is 11.6 Å². The summed E-state index contributed by atoms with van der Waals surface area (Å²) in [5.41, 5.74) is 9.04. The molecule has 3 rings (SSSR count). The maximum atomic E-state index is 11.6. The molecule has 2 aromatic heterocycles. The fraction of sp³-hybridized carbons (Fsp3) is 0.167. The molecule has 1 aliphatic rings. The number of primary amides is 1. The van der Waals surface area contributed by atoms with Gasteiger partial charge >= 0.3 is 0 Å². The number of amides is 1. The highest BCUT2D eigenvalue weighted by Crippen LogP contribution is 2.41. The van der Waals surface area contributed by atoms with E-state index in [0.717, 1.165) is 33.1 Å². The van der Waals surface area contributed by atoms with E-state index in [1.807, 2.05) is 12.1 Å². The van der Waals surface area contributed by atoms with Gasteiger partial charge in [0.05, 0.1) is 21.6 Å². The highest BCUT2D eigenvalue weighted by molar-refractivity contribution is 9.10. The Morgan fingerprint density at radius 1 is 1.56 bits per heavy atom. The van der Waals surface area contributed by atoms with Crippen LogP contribution in [-0.2, 0) is 11.6 Å². The third-order valence-corrected chi connectivity index (χ3v) is 4.64. The van der Waals surface area contributed by atoms with Crippen molar-refractivity contribution >= 4 is 33.6 Å². The molecule has 0 saturated carbocycles. The molecule has 0 spiro atoms. The Morgan fingerprint density at radius 2 is 2.39 bits per heavy atom. The number of rotatable bonds is 2. The van der Waals surface area contributed by atoms with E-state index in [1.54, 1.807) is 24.2 Å². The number of hydrogen-bond acceptors (Lipinski definition) is 3. The molecule has 0 aromatic carbocycles. The van der Waals surface area contributed by atoms with Gasteiger partial charge in [0.1, 0.15) is 0 Å². The van der Waals surface area contributed by atoms with E-state index in [1.165, 1.54) is 0 Å². The quantitative estimate of drug-likeness (QED) is 0.924. The van der Waals surface area contributed by atoms with Gasteiger partial charge in [-0.25, -0.2) is 0 Å². The van der Waals surface area contributed by atoms with Crippen molar-refractivity contribution < 1.29 is 4.79 Å². The van der Waals surface area contributed by atoms with Gasteiger partial charge < -0.3 is 10.3 Å². The van der Waals surface area contributed by atoms with Crippen LogP contribution in [0.1, 0.15) is 16.1 Å². The van der Waals surface area contributed by atoms with Crippen molar-refractivity contribution in [3.8, 4) is 11.3 Å². The summed E-state index contributed by atoms with van der Waals surface area (Å²) in [5, 5.41) is 0. The molecule has 6 heteroatoms. The number of thioether (sulfide) groups is 1. The largest absolute Gasteiger partial charge is 0.366 e. The molecule has 3 heterocycles. The van der Waals surface area contributed by atoms with Crippen LogP contribution in [0.3, 0.4) is 0 Å². The average molecular weight is 324 g/mol. The number of hydrogen-bond donors (Lipinski definition) is 1. The first-order valence-corrected chi connectivity index (χ1v) is 7.33. The van der Waals surface area contributed by atoms with E-state index in [4.69, 9.17) is 5.73 Å². The second-order valence-electron chi connectivity index (χ2n) is 4.00. The van der Waals surface area contributed by atoms with Crippen molar-refractivity contribution in [2.75, 3.05) is 0 Å². The zero-order valence-electron chi connectivity index (χ0n) is 9.39. The number of aromatic nitrogens is 2. The molecule has 0 aliphatic carbocycles. The average Bonchev–Trinajstić information content (AvgIpc) is 2.88. The van der Waals surface area contributed by atoms with Gasteiger partial charge in [-0.05, 0) is 28.1 Å². The monoisotopic (exact) mass is 323 g/mol. The number of pyridine rings is 1. The maximum absolute atomic E-state index is 11.6. The number of nitrogens with two attached hydrogens (primary N) is 1. The molecule has 1 aliphatic heterocycles. The highest BCUT2D eigenvalue weighted by atomic mass is 79.9. The third kappa shape index (κ3) is 1.67. The van der Waals surface area contributed by atoms with E-state index < -0.39 is 0 Å². The van der Waals surface area contributed by atoms with E-state index in [0.29, 0.717) is 5.56 Å². The molecule has 2 N–H and O–H groups in total. The Morgan fingerprint density at radius 3 is 3.06 bits per heavy atom. The molecular formula is C12H10BrN3OS. The summed E-state index contributed by atoms with van der Waals surface area (Å²) >= 11 is 5.28. The summed E-state index contributed by atoms with van der Waals surface area (Å²) in [7, 11) is 0. The zero-order chi connectivity index (χ0) is 12.7. The van der Waals surface area contributed by atoms with Crippen molar-refractivity contribution in [1.29, 1.82) is 0 Å². The van der Waals surface area contributed by atoms with Gasteiger partial charge in [0.25, 0.3) is 5.91 Å². The van der Waals surface area contributed by atoms with Crippen molar-refractivity contribution in [3.05, 3.63) is 40.3 Å². The predicted octanol–water partition coefficient (Wildman–Crippen LogP) is 2.62. The fourth-order valence-corrected chi connectivity index (χ4v) is 4.11. The van der Waals surface area contributed by atoms with Gasteiger partial charge in [-0.1, -0.05) is 0 Å². The third-order valence-electron chi connectivity index (χ3n) is 2.95. The van der Waals surface area contributed by atoms with Crippen LogP contribution in [-0.4, -0.2) is 15.5 Å². The minimum absolute atomic E-state index is 0.386. The van der Waals surface area contributed by atoms with E-state index in [2.05, 4.69) is 25.5 Å². The number of halogens is 1. The van der Waals surface area contributed by atoms with Gasteiger partial charge in [0.15, 0.2) is 0 Å². The van der Waals surface area contributed by atoms with Crippen LogP contribution >= 0.6 is 27.7 Å². The molecule has 2 aromatic rings. The van der Waals surface area contributed by atoms with Crippen molar-refractivity contribution in [2.24, 2.45) is 5.73 Å². The first-order valence-electron chi connectivity index (χ1n) is 5.39. The first kappa shape index (κ1) is 11.8. The minimum Gasteiger partial charge on any atom is -0.366 e. The molecule has 92 valence electrons. The maximum Gasteiger partial charge on any atom is 0.251 e. The molecule has 0 radical (unpaired) electrons. The van der Waals surface area contributed by atoms with Gasteiger partial charge in [0.2, 0.25) is 0 Å². The molecule has 0 saturated heterocycles. The molecule has 18 heavy (non-hydrogen) atoms. The van der Waals surface area contributed by atoms with Crippen molar-refractivity contribution in [1.82, 2.24) is 9.55 Å². The zero-order valence-corrected chi connectivity index (χ0v) is 11.8. The second-order valence-corrected chi connectivity index (χ2v) is 5.74. The molecule has 0 atom stereocenters. The molecule has 0 bridgehead atoms. The lowest BCUT2D eigenvalue weighted by molar-refractivity contribution is 0.0999. The topological polar surface area (TPSA) is 60.9 Å². The summed E-state index contributed by atoms with van der Waals surface area (Å²) in [6.07, 6.45) is 3.52. The second kappa shape index (κ2) is 4.44. The number of fused-ring (bicyclic) bond motifs is 1. The minimum atomic E-state index is -0.386. The van der Waals surface area contributed by atoms with Crippen LogP contribution in [0.5, 0.6) is 0 Å². The number of carbonyl (C=O) groups is 1. The number of nitrogens with zero attached hydrogens (tertiary/aromatic N) is 2. The lowest BCUT2D eigenvalue weighted by Crippen LogP contribution is -2.12. The normalized spacial score (nSPS) is 13.6. The van der Waals surface area contributed by atoms with Crippen LogP contribution in [0.15, 0.2) is 29.0 Å². The predicted molar refractivity (Wildman–Crippen MR) is 75.2 cm³/mol. The Labute approximate surface area is 117 Å². The Hall–Kier alpha value is -1.27. The van der Waals surface area contributed by atoms with E-state index in [9.17, 15) is 4.79 Å². The molecule has 0 fully saturated rings. The summed E-state index contributed by atoms with van der Waals surface area (Å²) in [5.74, 6) is 1.27. The number of carbonyl (C=O) groups excluding carboxylic acids is 1. The summed E-state index contributed by atoms with van der Waals surface area (Å²) in [4.78, 5) is 15.7. The molecule has 0 unspecified atom stereocenters. The standard InChI is InChI=1S/C12H10BrN3OS/c13-10-9(12(14)17)8-5-18-6-16(8)11(10)7-2-1-3-15-4-7/h1-4H,5-6H2,(H2,14,17). The highest BCUT2D eigenvalue weighted by Gasteiger charge is 2.28. The van der Waals surface area contributed by atoms with E-state index in [-0.39, 0.29) is 5.91 Å². The summed E-state index contributed by atoms with van der Waals surface area (Å²) < 4.78 is 2.91. The van der Waals surface area contributed by atoms with Crippen molar-refractivity contribution in [3.63, 3.8) is 0 Å². The van der Waals surface area contributed by atoms with Crippen LogP contribution in [0.25, 0.3) is 11.3 Å². The summed E-state index contributed by atoms with van der Waals surface area (Å²) in [6, 6.07) is 3.86. The van der Waals surface area contributed by atoms with E-state index >= 15 is 0 Å². The Bertz CT molecular complexity index is 624. The molecule has 1 amide bonds. The molecular weight excluding hydrogens is 314 g/mol. The molecule has 4 nitrogen and oxygen atoms in total. The Kier molecular flexibility index (Phi) is 2.91. The lowest BCUT2D eigenvalue weighted by Gasteiger charge is -2.05. The smallest absolute Gasteiger partial charge is 0.251 e. The van der Waals surface area contributed by atoms with Gasteiger partial charge in [-0.15, -0.1) is 11.8 Å². The van der Waals surface area contributed by atoms with Gasteiger partial charge in [-0.2, -0.15) is 0 Å². The van der Waals surface area contributed by atoms with Crippen LogP contribution in [0.2, 0.25) is 0 Å². The fourth-order valence-electron chi connectivity index (χ4n) is 2.20.